The Bertz CT molecular complexity index is 764. The molecular formula is C21H31N5O4. The third-order valence-electron chi connectivity index (χ3n) is 5.57. The molecule has 2 saturated heterocycles. The predicted molar refractivity (Wildman–Crippen MR) is 113 cm³/mol. The van der Waals surface area contributed by atoms with Crippen LogP contribution < -0.4 is 10.6 Å². The molecule has 9 heteroatoms. The third kappa shape index (κ3) is 6.01. The standard InChI is InChI=1S/C21H31N5O4/c1-16-3-2-4-17(13-16)23-19(28)14-18-21(30)22-5-6-26(18)20(29)15-25-9-7-24(8-10-25)11-12-27/h2-4,13,18,27H,5-12,14-15H2,1H3,(H,22,30)(H,23,28)/t18-/m1/s1. The molecule has 164 valence electrons. The molecule has 1 atom stereocenters. The van der Waals surface area contributed by atoms with Gasteiger partial charge in [-0.25, -0.2) is 0 Å². The van der Waals surface area contributed by atoms with Crippen molar-refractivity contribution in [2.24, 2.45) is 0 Å². The molecule has 1 aromatic carbocycles. The van der Waals surface area contributed by atoms with E-state index in [1.165, 1.54) is 4.90 Å². The van der Waals surface area contributed by atoms with Crippen molar-refractivity contribution in [3.8, 4) is 0 Å². The number of carbonyl (C=O) groups excluding carboxylic acids is 3. The number of benzene rings is 1. The second kappa shape index (κ2) is 10.5. The summed E-state index contributed by atoms with van der Waals surface area (Å²) in [5.74, 6) is -0.714. The highest BCUT2D eigenvalue weighted by molar-refractivity contribution is 5.97. The van der Waals surface area contributed by atoms with Crippen LogP contribution in [0.4, 0.5) is 5.69 Å². The molecule has 0 aromatic heterocycles. The van der Waals surface area contributed by atoms with Gasteiger partial charge in [-0.15, -0.1) is 0 Å². The van der Waals surface area contributed by atoms with Gasteiger partial charge in [-0.3, -0.25) is 24.2 Å². The van der Waals surface area contributed by atoms with Crippen molar-refractivity contribution in [3.63, 3.8) is 0 Å². The highest BCUT2D eigenvalue weighted by Crippen LogP contribution is 2.14. The van der Waals surface area contributed by atoms with Crippen molar-refractivity contribution in [1.82, 2.24) is 20.0 Å². The van der Waals surface area contributed by atoms with Crippen LogP contribution in [0.1, 0.15) is 12.0 Å². The van der Waals surface area contributed by atoms with Gasteiger partial charge in [0.15, 0.2) is 0 Å². The Morgan fingerprint density at radius 1 is 1.17 bits per heavy atom. The van der Waals surface area contributed by atoms with E-state index in [2.05, 4.69) is 20.4 Å². The van der Waals surface area contributed by atoms with Gasteiger partial charge >= 0.3 is 0 Å². The first-order valence-electron chi connectivity index (χ1n) is 10.5. The number of carbonyl (C=O) groups is 3. The Morgan fingerprint density at radius 3 is 2.60 bits per heavy atom. The summed E-state index contributed by atoms with van der Waals surface area (Å²) in [6, 6.07) is 6.65. The molecule has 3 rings (SSSR count). The summed E-state index contributed by atoms with van der Waals surface area (Å²) in [7, 11) is 0. The monoisotopic (exact) mass is 417 g/mol. The van der Waals surface area contributed by atoms with E-state index in [-0.39, 0.29) is 37.3 Å². The summed E-state index contributed by atoms with van der Waals surface area (Å²) in [6.07, 6.45) is -0.0736. The number of nitrogens with zero attached hydrogens (tertiary/aromatic N) is 3. The van der Waals surface area contributed by atoms with Crippen LogP contribution in [0.5, 0.6) is 0 Å². The lowest BCUT2D eigenvalue weighted by Crippen LogP contribution is -2.60. The zero-order valence-corrected chi connectivity index (χ0v) is 17.5. The molecule has 0 bridgehead atoms. The average Bonchev–Trinajstić information content (AvgIpc) is 2.71. The minimum absolute atomic E-state index is 0.0736. The van der Waals surface area contributed by atoms with Crippen LogP contribution in [-0.4, -0.2) is 103 Å². The molecule has 0 saturated carbocycles. The fraction of sp³-hybridized carbons (Fsp3) is 0.571. The highest BCUT2D eigenvalue weighted by atomic mass is 16.3. The van der Waals surface area contributed by atoms with E-state index in [1.807, 2.05) is 25.1 Å². The van der Waals surface area contributed by atoms with Gasteiger partial charge in [0.05, 0.1) is 19.6 Å². The van der Waals surface area contributed by atoms with Crippen molar-refractivity contribution < 1.29 is 19.5 Å². The van der Waals surface area contributed by atoms with Crippen LogP contribution in [0.2, 0.25) is 0 Å². The molecule has 1 aromatic rings. The van der Waals surface area contributed by atoms with Gasteiger partial charge < -0.3 is 20.6 Å². The Hall–Kier alpha value is -2.49. The lowest BCUT2D eigenvalue weighted by Gasteiger charge is -2.38. The molecule has 0 spiro atoms. The van der Waals surface area contributed by atoms with Crippen LogP contribution >= 0.6 is 0 Å². The molecule has 0 aliphatic carbocycles. The second-order valence-corrected chi connectivity index (χ2v) is 7.86. The molecule has 2 fully saturated rings. The van der Waals surface area contributed by atoms with Gasteiger partial charge in [0, 0.05) is 51.5 Å². The Morgan fingerprint density at radius 2 is 1.90 bits per heavy atom. The first-order valence-corrected chi connectivity index (χ1v) is 10.5. The van der Waals surface area contributed by atoms with Crippen LogP contribution in [0.15, 0.2) is 24.3 Å². The predicted octanol–water partition coefficient (Wildman–Crippen LogP) is -0.739. The van der Waals surface area contributed by atoms with E-state index in [1.54, 1.807) is 6.07 Å². The number of aliphatic hydroxyl groups excluding tert-OH is 1. The largest absolute Gasteiger partial charge is 0.395 e. The summed E-state index contributed by atoms with van der Waals surface area (Å²) in [5.41, 5.74) is 1.70. The maximum absolute atomic E-state index is 12.9. The fourth-order valence-corrected chi connectivity index (χ4v) is 3.92. The number of anilines is 1. The zero-order chi connectivity index (χ0) is 21.5. The van der Waals surface area contributed by atoms with E-state index < -0.39 is 6.04 Å². The number of aryl methyl sites for hydroxylation is 1. The molecule has 3 amide bonds. The molecule has 3 N–H and O–H groups in total. The lowest BCUT2D eigenvalue weighted by molar-refractivity contribution is -0.145. The number of nitrogens with one attached hydrogen (secondary N) is 2. The number of aliphatic hydroxyl groups is 1. The third-order valence-corrected chi connectivity index (χ3v) is 5.57. The van der Waals surface area contributed by atoms with Gasteiger partial charge in [-0.05, 0) is 24.6 Å². The van der Waals surface area contributed by atoms with Gasteiger partial charge in [0.2, 0.25) is 17.7 Å². The van der Waals surface area contributed by atoms with Crippen molar-refractivity contribution in [2.75, 3.05) is 64.3 Å². The van der Waals surface area contributed by atoms with Gasteiger partial charge in [-0.1, -0.05) is 12.1 Å². The smallest absolute Gasteiger partial charge is 0.243 e. The summed E-state index contributed by atoms with van der Waals surface area (Å²) in [6.45, 7) is 6.83. The lowest BCUT2D eigenvalue weighted by atomic mass is 10.1. The van der Waals surface area contributed by atoms with E-state index in [9.17, 15) is 14.4 Å². The average molecular weight is 418 g/mol. The normalized spacial score (nSPS) is 20.7. The molecule has 2 heterocycles. The Balaban J connectivity index is 1.56. The summed E-state index contributed by atoms with van der Waals surface area (Å²) < 4.78 is 0. The van der Waals surface area contributed by atoms with Gasteiger partial charge in [0.1, 0.15) is 6.04 Å². The SMILES string of the molecule is Cc1cccc(NC(=O)C[C@@H]2C(=O)NCCN2C(=O)CN2CCN(CCO)CC2)c1. The molecule has 30 heavy (non-hydrogen) atoms. The van der Waals surface area contributed by atoms with Crippen LogP contribution in [0.25, 0.3) is 0 Å². The van der Waals surface area contributed by atoms with E-state index in [0.29, 0.717) is 25.3 Å². The molecule has 2 aliphatic heterocycles. The van der Waals surface area contributed by atoms with E-state index in [0.717, 1.165) is 31.7 Å². The van der Waals surface area contributed by atoms with E-state index in [4.69, 9.17) is 5.11 Å². The summed E-state index contributed by atoms with van der Waals surface area (Å²) >= 11 is 0. The van der Waals surface area contributed by atoms with Crippen molar-refractivity contribution in [3.05, 3.63) is 29.8 Å². The molecular weight excluding hydrogens is 386 g/mol. The molecule has 0 radical (unpaired) electrons. The molecule has 9 nitrogen and oxygen atoms in total. The minimum Gasteiger partial charge on any atom is -0.395 e. The summed E-state index contributed by atoms with van der Waals surface area (Å²) in [5, 5.41) is 14.6. The minimum atomic E-state index is -0.799. The molecule has 2 aliphatic rings. The number of amides is 3. The Kier molecular flexibility index (Phi) is 7.78. The maximum atomic E-state index is 12.9. The first-order chi connectivity index (χ1) is 14.5. The van der Waals surface area contributed by atoms with Crippen LogP contribution in [-0.2, 0) is 14.4 Å². The first kappa shape index (κ1) is 22.2. The van der Waals surface area contributed by atoms with Crippen molar-refractivity contribution >= 4 is 23.4 Å². The zero-order valence-electron chi connectivity index (χ0n) is 17.5. The van der Waals surface area contributed by atoms with Crippen molar-refractivity contribution in [1.29, 1.82) is 0 Å². The number of piperazine rings is 2. The van der Waals surface area contributed by atoms with Crippen molar-refractivity contribution in [2.45, 2.75) is 19.4 Å². The topological polar surface area (TPSA) is 105 Å². The van der Waals surface area contributed by atoms with Crippen LogP contribution in [0.3, 0.4) is 0 Å². The van der Waals surface area contributed by atoms with Gasteiger partial charge in [0.25, 0.3) is 0 Å². The quantitative estimate of drug-likeness (QED) is 0.540. The number of β-amino-alcohol motifs (C(OH)–C–C–N with tert-alkyl or cyclic N) is 1. The Labute approximate surface area is 177 Å². The van der Waals surface area contributed by atoms with Gasteiger partial charge in [-0.2, -0.15) is 0 Å². The fourth-order valence-electron chi connectivity index (χ4n) is 3.92. The number of rotatable bonds is 7. The molecule has 0 unspecified atom stereocenters. The highest BCUT2D eigenvalue weighted by Gasteiger charge is 2.35. The number of hydrogen-bond donors (Lipinski definition) is 3. The van der Waals surface area contributed by atoms with Crippen LogP contribution in [0, 0.1) is 6.92 Å². The summed E-state index contributed by atoms with van der Waals surface area (Å²) in [4.78, 5) is 43.6. The number of hydrogen-bond acceptors (Lipinski definition) is 6. The maximum Gasteiger partial charge on any atom is 0.243 e. The van der Waals surface area contributed by atoms with E-state index >= 15 is 0 Å². The second-order valence-electron chi connectivity index (χ2n) is 7.86.